The van der Waals surface area contributed by atoms with Gasteiger partial charge in [-0.25, -0.2) is 0 Å². The van der Waals surface area contributed by atoms with Gasteiger partial charge in [0.05, 0.1) is 12.3 Å². The molecule has 3 aromatic carbocycles. The highest BCUT2D eigenvalue weighted by atomic mass is 79.9. The quantitative estimate of drug-likeness (QED) is 0.291. The van der Waals surface area contributed by atoms with Crippen LogP contribution in [0.2, 0.25) is 0 Å². The molecule has 9 heteroatoms. The Morgan fingerprint density at radius 3 is 2.37 bits per heavy atom. The molecule has 0 atom stereocenters. The van der Waals surface area contributed by atoms with Gasteiger partial charge < -0.3 is 10.6 Å². The van der Waals surface area contributed by atoms with E-state index in [4.69, 9.17) is 0 Å². The second-order valence-corrected chi connectivity index (χ2v) is 9.83. The van der Waals surface area contributed by atoms with Crippen molar-refractivity contribution in [3.63, 3.8) is 0 Å². The second-order valence-electron chi connectivity index (χ2n) is 7.97. The molecular formula is C26H24BrN5O2S. The van der Waals surface area contributed by atoms with E-state index in [1.54, 1.807) is 6.07 Å². The minimum Gasteiger partial charge on any atom is -0.345 e. The normalized spacial score (nSPS) is 10.7. The number of aryl methyl sites for hydroxylation is 2. The third-order valence-corrected chi connectivity index (χ3v) is 6.56. The molecule has 0 saturated carbocycles. The number of hydrogen-bond donors (Lipinski definition) is 2. The van der Waals surface area contributed by atoms with E-state index < -0.39 is 0 Å². The zero-order valence-corrected chi connectivity index (χ0v) is 21.7. The number of hydrogen-bond acceptors (Lipinski definition) is 5. The molecule has 0 unspecified atom stereocenters. The van der Waals surface area contributed by atoms with Gasteiger partial charge in [0.15, 0.2) is 11.0 Å². The maximum atomic E-state index is 12.6. The summed E-state index contributed by atoms with van der Waals surface area (Å²) in [6.45, 7) is 4.11. The molecule has 0 aliphatic heterocycles. The number of thioether (sulfide) groups is 1. The fourth-order valence-corrected chi connectivity index (χ4v) is 4.49. The van der Waals surface area contributed by atoms with Crippen molar-refractivity contribution in [2.75, 3.05) is 11.1 Å². The van der Waals surface area contributed by atoms with E-state index >= 15 is 0 Å². The van der Waals surface area contributed by atoms with E-state index in [1.807, 2.05) is 85.1 Å². The largest absolute Gasteiger partial charge is 0.345 e. The van der Waals surface area contributed by atoms with Crippen molar-refractivity contribution in [3.8, 4) is 5.69 Å². The zero-order valence-electron chi connectivity index (χ0n) is 19.3. The van der Waals surface area contributed by atoms with Gasteiger partial charge in [0.1, 0.15) is 0 Å². The Kier molecular flexibility index (Phi) is 7.99. The average molecular weight is 550 g/mol. The number of amides is 2. The number of aromatic nitrogens is 3. The summed E-state index contributed by atoms with van der Waals surface area (Å²) in [7, 11) is 0. The Balaban J connectivity index is 1.50. The molecule has 0 bridgehead atoms. The van der Waals surface area contributed by atoms with Crippen LogP contribution in [-0.2, 0) is 11.3 Å². The molecule has 0 radical (unpaired) electrons. The van der Waals surface area contributed by atoms with Gasteiger partial charge in [0, 0.05) is 21.4 Å². The standard InChI is InChI=1S/C26H24BrN5O2S/c1-17-5-3-7-19(13-17)25(34)28-15-23-30-31-26(32(23)22-11-9-20(27)10-12-22)35-16-24(33)29-21-8-4-6-18(2)14-21/h3-14H,15-16H2,1-2H3,(H,28,34)(H,29,33). The first-order valence-electron chi connectivity index (χ1n) is 10.9. The van der Waals surface area contributed by atoms with E-state index in [-0.39, 0.29) is 24.1 Å². The van der Waals surface area contributed by atoms with Gasteiger partial charge >= 0.3 is 0 Å². The molecule has 0 aliphatic rings. The molecule has 0 saturated heterocycles. The summed E-state index contributed by atoms with van der Waals surface area (Å²) in [6, 6.07) is 22.8. The Morgan fingerprint density at radius 2 is 1.66 bits per heavy atom. The number of carbonyl (C=O) groups is 2. The third-order valence-electron chi connectivity index (χ3n) is 5.11. The van der Waals surface area contributed by atoms with Crippen LogP contribution in [0.15, 0.2) is 82.4 Å². The summed E-state index contributed by atoms with van der Waals surface area (Å²) in [6.07, 6.45) is 0. The highest BCUT2D eigenvalue weighted by Gasteiger charge is 2.17. The van der Waals surface area contributed by atoms with Crippen LogP contribution < -0.4 is 10.6 Å². The Hall–Kier alpha value is -3.43. The summed E-state index contributed by atoms with van der Waals surface area (Å²) < 4.78 is 2.79. The first-order chi connectivity index (χ1) is 16.9. The van der Waals surface area contributed by atoms with Crippen LogP contribution in [-0.4, -0.2) is 32.3 Å². The maximum Gasteiger partial charge on any atom is 0.251 e. The summed E-state index contributed by atoms with van der Waals surface area (Å²) in [5.41, 5.74) is 4.26. The Morgan fingerprint density at radius 1 is 0.943 bits per heavy atom. The van der Waals surface area contributed by atoms with Crippen molar-refractivity contribution >= 4 is 45.2 Å². The number of nitrogens with zero attached hydrogens (tertiary/aromatic N) is 3. The number of anilines is 1. The van der Waals surface area contributed by atoms with Gasteiger partial charge in [0.25, 0.3) is 5.91 Å². The first-order valence-corrected chi connectivity index (χ1v) is 12.7. The molecule has 0 spiro atoms. The predicted molar refractivity (Wildman–Crippen MR) is 142 cm³/mol. The predicted octanol–water partition coefficient (Wildman–Crippen LogP) is 5.31. The monoisotopic (exact) mass is 549 g/mol. The summed E-state index contributed by atoms with van der Waals surface area (Å²) in [5, 5.41) is 15.0. The molecule has 7 nitrogen and oxygen atoms in total. The topological polar surface area (TPSA) is 88.9 Å². The van der Waals surface area contributed by atoms with E-state index in [1.165, 1.54) is 11.8 Å². The van der Waals surface area contributed by atoms with Crippen LogP contribution in [0.3, 0.4) is 0 Å². The zero-order chi connectivity index (χ0) is 24.8. The van der Waals surface area contributed by atoms with Crippen LogP contribution in [0.4, 0.5) is 5.69 Å². The van der Waals surface area contributed by atoms with Gasteiger partial charge in [-0.2, -0.15) is 0 Å². The van der Waals surface area contributed by atoms with E-state index in [0.717, 1.165) is 27.0 Å². The Bertz CT molecular complexity index is 1350. The van der Waals surface area contributed by atoms with Crippen molar-refractivity contribution in [2.24, 2.45) is 0 Å². The Labute approximate surface area is 216 Å². The maximum absolute atomic E-state index is 12.6. The molecule has 4 rings (SSSR count). The number of benzene rings is 3. The molecule has 2 amide bonds. The summed E-state index contributed by atoms with van der Waals surface area (Å²) >= 11 is 4.74. The molecule has 35 heavy (non-hydrogen) atoms. The summed E-state index contributed by atoms with van der Waals surface area (Å²) in [4.78, 5) is 25.2. The highest BCUT2D eigenvalue weighted by Crippen LogP contribution is 2.24. The molecule has 0 aliphatic carbocycles. The fourth-order valence-electron chi connectivity index (χ4n) is 3.46. The molecule has 1 aromatic heterocycles. The van der Waals surface area contributed by atoms with Gasteiger partial charge in [-0.15, -0.1) is 10.2 Å². The van der Waals surface area contributed by atoms with Crippen LogP contribution in [0.5, 0.6) is 0 Å². The van der Waals surface area contributed by atoms with Crippen LogP contribution in [0.1, 0.15) is 27.3 Å². The lowest BCUT2D eigenvalue weighted by atomic mass is 10.1. The number of carbonyl (C=O) groups excluding carboxylic acids is 2. The van der Waals surface area contributed by atoms with Crippen molar-refractivity contribution in [3.05, 3.63) is 99.8 Å². The first kappa shape index (κ1) is 24.7. The SMILES string of the molecule is Cc1cccc(NC(=O)CSc2nnc(CNC(=O)c3cccc(C)c3)n2-c2ccc(Br)cc2)c1. The molecule has 2 N–H and O–H groups in total. The van der Waals surface area contributed by atoms with Crippen molar-refractivity contribution < 1.29 is 9.59 Å². The lowest BCUT2D eigenvalue weighted by Gasteiger charge is -2.11. The summed E-state index contributed by atoms with van der Waals surface area (Å²) in [5.74, 6) is 0.402. The fraction of sp³-hybridized carbons (Fsp3) is 0.154. The lowest BCUT2D eigenvalue weighted by molar-refractivity contribution is -0.113. The molecular weight excluding hydrogens is 526 g/mol. The minimum atomic E-state index is -0.189. The van der Waals surface area contributed by atoms with Gasteiger partial charge in [-0.05, 0) is 67.9 Å². The molecule has 178 valence electrons. The molecule has 4 aromatic rings. The number of rotatable bonds is 8. The average Bonchev–Trinajstić information content (AvgIpc) is 3.24. The number of halogens is 1. The molecule has 1 heterocycles. The van der Waals surface area contributed by atoms with Crippen molar-refractivity contribution in [1.29, 1.82) is 0 Å². The third kappa shape index (κ3) is 6.58. The van der Waals surface area contributed by atoms with E-state index in [9.17, 15) is 9.59 Å². The van der Waals surface area contributed by atoms with E-state index in [2.05, 4.69) is 36.8 Å². The second kappa shape index (κ2) is 11.3. The van der Waals surface area contributed by atoms with Gasteiger partial charge in [-0.3, -0.25) is 14.2 Å². The smallest absolute Gasteiger partial charge is 0.251 e. The van der Waals surface area contributed by atoms with Gasteiger partial charge in [-0.1, -0.05) is 57.5 Å². The lowest BCUT2D eigenvalue weighted by Crippen LogP contribution is -2.24. The van der Waals surface area contributed by atoms with Crippen molar-refractivity contribution in [2.45, 2.75) is 25.5 Å². The van der Waals surface area contributed by atoms with Crippen LogP contribution in [0, 0.1) is 13.8 Å². The van der Waals surface area contributed by atoms with Gasteiger partial charge in [0.2, 0.25) is 5.91 Å². The highest BCUT2D eigenvalue weighted by molar-refractivity contribution is 9.10. The van der Waals surface area contributed by atoms with Crippen LogP contribution >= 0.6 is 27.7 Å². The molecule has 0 fully saturated rings. The van der Waals surface area contributed by atoms with E-state index in [0.29, 0.717) is 16.5 Å². The van der Waals surface area contributed by atoms with Crippen molar-refractivity contribution in [1.82, 2.24) is 20.1 Å². The number of nitrogens with one attached hydrogen (secondary N) is 2. The van der Waals surface area contributed by atoms with Crippen LogP contribution in [0.25, 0.3) is 5.69 Å². The minimum absolute atomic E-state index is 0.139.